The van der Waals surface area contributed by atoms with Gasteiger partial charge in [0.05, 0.1) is 24.0 Å². The molecule has 28 heavy (non-hydrogen) atoms. The molecule has 0 bridgehead atoms. The number of benzene rings is 1. The lowest BCUT2D eigenvalue weighted by Crippen LogP contribution is -2.56. The van der Waals surface area contributed by atoms with Gasteiger partial charge in [0.1, 0.15) is 17.3 Å². The van der Waals surface area contributed by atoms with Gasteiger partial charge in [-0.15, -0.1) is 0 Å². The van der Waals surface area contributed by atoms with Crippen molar-refractivity contribution in [1.82, 2.24) is 19.4 Å². The number of imidazole rings is 1. The van der Waals surface area contributed by atoms with Crippen LogP contribution >= 0.6 is 0 Å². The summed E-state index contributed by atoms with van der Waals surface area (Å²) in [5, 5.41) is 0. The highest BCUT2D eigenvalue weighted by Crippen LogP contribution is 2.41. The summed E-state index contributed by atoms with van der Waals surface area (Å²) in [6, 6.07) is 14.8. The minimum absolute atomic E-state index is 0.0425. The van der Waals surface area contributed by atoms with Crippen LogP contribution in [0.1, 0.15) is 30.2 Å². The zero-order chi connectivity index (χ0) is 19.1. The average Bonchev–Trinajstić information content (AvgIpc) is 3.34. The topological polar surface area (TPSA) is 37.4 Å². The second-order valence-corrected chi connectivity index (χ2v) is 8.23. The van der Waals surface area contributed by atoms with Crippen LogP contribution in [0.25, 0.3) is 11.3 Å². The van der Waals surface area contributed by atoms with E-state index in [1.807, 2.05) is 6.92 Å². The maximum atomic E-state index is 5.78. The summed E-state index contributed by atoms with van der Waals surface area (Å²) >= 11 is 0. The Labute approximate surface area is 166 Å². The zero-order valence-electron chi connectivity index (χ0n) is 16.8. The van der Waals surface area contributed by atoms with E-state index >= 15 is 0 Å². The van der Waals surface area contributed by atoms with Crippen molar-refractivity contribution in [2.45, 2.75) is 38.4 Å². The Hall–Kier alpha value is -2.37. The largest absolute Gasteiger partial charge is 0.465 e. The smallest absolute Gasteiger partial charge is 0.129 e. The van der Waals surface area contributed by atoms with E-state index in [0.717, 1.165) is 57.1 Å². The highest BCUT2D eigenvalue weighted by atomic mass is 16.3. The van der Waals surface area contributed by atoms with Gasteiger partial charge in [0.25, 0.3) is 0 Å². The van der Waals surface area contributed by atoms with Gasteiger partial charge in [0.2, 0.25) is 0 Å². The van der Waals surface area contributed by atoms with E-state index in [0.29, 0.717) is 0 Å². The van der Waals surface area contributed by atoms with Crippen molar-refractivity contribution < 1.29 is 4.42 Å². The summed E-state index contributed by atoms with van der Waals surface area (Å²) in [4.78, 5) is 10.0. The van der Waals surface area contributed by atoms with E-state index in [-0.39, 0.29) is 5.54 Å². The Balaban J connectivity index is 1.40. The van der Waals surface area contributed by atoms with Gasteiger partial charge >= 0.3 is 0 Å². The number of hydrogen-bond donors (Lipinski definition) is 0. The number of likely N-dealkylation sites (N-methyl/N-ethyl adjacent to an activating group) is 1. The summed E-state index contributed by atoms with van der Waals surface area (Å²) in [5.74, 6) is 3.30. The van der Waals surface area contributed by atoms with Crippen molar-refractivity contribution >= 4 is 0 Å². The summed E-state index contributed by atoms with van der Waals surface area (Å²) in [7, 11) is 2.27. The van der Waals surface area contributed by atoms with Crippen molar-refractivity contribution in [3.8, 4) is 11.3 Å². The number of aromatic nitrogens is 2. The molecular formula is C23H28N4O. The van der Waals surface area contributed by atoms with Crippen molar-refractivity contribution in [3.63, 3.8) is 0 Å². The Kier molecular flexibility index (Phi) is 4.37. The van der Waals surface area contributed by atoms with Gasteiger partial charge in [-0.3, -0.25) is 9.80 Å². The first-order valence-electron chi connectivity index (χ1n) is 10.3. The maximum absolute atomic E-state index is 5.78. The molecule has 2 aliphatic heterocycles. The second kappa shape index (κ2) is 6.90. The quantitative estimate of drug-likeness (QED) is 0.695. The minimum Gasteiger partial charge on any atom is -0.465 e. The Morgan fingerprint density at radius 3 is 2.50 bits per heavy atom. The van der Waals surface area contributed by atoms with Gasteiger partial charge in [0.15, 0.2) is 0 Å². The van der Waals surface area contributed by atoms with Crippen LogP contribution in [0.15, 0.2) is 53.1 Å². The zero-order valence-corrected chi connectivity index (χ0v) is 16.8. The lowest BCUT2D eigenvalue weighted by atomic mass is 9.83. The summed E-state index contributed by atoms with van der Waals surface area (Å²) < 4.78 is 8.24. The molecule has 0 saturated carbocycles. The molecule has 1 saturated heterocycles. The Morgan fingerprint density at radius 1 is 1.00 bits per heavy atom. The molecule has 0 aliphatic carbocycles. The van der Waals surface area contributed by atoms with E-state index < -0.39 is 0 Å². The van der Waals surface area contributed by atoms with E-state index in [1.54, 1.807) is 0 Å². The number of rotatable bonds is 3. The monoisotopic (exact) mass is 376 g/mol. The van der Waals surface area contributed by atoms with Crippen LogP contribution in [0.2, 0.25) is 0 Å². The third-order valence-electron chi connectivity index (χ3n) is 6.59. The molecule has 1 aromatic carbocycles. The first-order chi connectivity index (χ1) is 13.7. The molecule has 1 fully saturated rings. The number of hydrogen-bond acceptors (Lipinski definition) is 4. The number of aryl methyl sites for hydroxylation is 1. The van der Waals surface area contributed by atoms with Crippen molar-refractivity contribution in [2.75, 3.05) is 26.7 Å². The van der Waals surface area contributed by atoms with Crippen molar-refractivity contribution in [1.29, 1.82) is 0 Å². The molecule has 4 heterocycles. The van der Waals surface area contributed by atoms with Gasteiger partial charge in [-0.05, 0) is 44.5 Å². The highest BCUT2D eigenvalue weighted by molar-refractivity contribution is 5.59. The molecule has 0 amide bonds. The number of likely N-dealkylation sites (tertiary alicyclic amines) is 1. The van der Waals surface area contributed by atoms with E-state index in [9.17, 15) is 0 Å². The van der Waals surface area contributed by atoms with Crippen LogP contribution in [0.4, 0.5) is 0 Å². The first kappa shape index (κ1) is 17.7. The molecule has 1 spiro atoms. The van der Waals surface area contributed by atoms with Gasteiger partial charge in [0, 0.05) is 26.2 Å². The Morgan fingerprint density at radius 2 is 1.79 bits per heavy atom. The normalized spacial score (nSPS) is 19.8. The minimum atomic E-state index is 0.0425. The summed E-state index contributed by atoms with van der Waals surface area (Å²) in [6.45, 7) is 7.12. The van der Waals surface area contributed by atoms with E-state index in [2.05, 4.69) is 70.1 Å². The highest BCUT2D eigenvalue weighted by Gasteiger charge is 2.45. The standard InChI is InChI=1S/C23H28N4O/c1-18-8-9-20(28-18)17-26-12-10-23(11-13-26)22-24-16-21(19-6-4-3-5-7-19)27(22)15-14-25(23)2/h3-9,16H,10-15,17H2,1-2H3. The van der Waals surface area contributed by atoms with Gasteiger partial charge in [-0.2, -0.15) is 0 Å². The molecule has 3 aromatic rings. The summed E-state index contributed by atoms with van der Waals surface area (Å²) in [6.07, 6.45) is 4.28. The molecule has 5 nitrogen and oxygen atoms in total. The molecular weight excluding hydrogens is 348 g/mol. The third kappa shape index (κ3) is 2.90. The van der Waals surface area contributed by atoms with Crippen LogP contribution in [-0.2, 0) is 18.6 Å². The van der Waals surface area contributed by atoms with Crippen LogP contribution in [0.3, 0.4) is 0 Å². The van der Waals surface area contributed by atoms with Crippen molar-refractivity contribution in [3.05, 3.63) is 66.0 Å². The van der Waals surface area contributed by atoms with E-state index in [1.165, 1.54) is 17.1 Å². The predicted molar refractivity (Wildman–Crippen MR) is 110 cm³/mol. The summed E-state index contributed by atoms with van der Waals surface area (Å²) in [5.41, 5.74) is 2.55. The molecule has 0 unspecified atom stereocenters. The molecule has 146 valence electrons. The number of piperidine rings is 1. The fourth-order valence-electron chi connectivity index (χ4n) is 4.92. The van der Waals surface area contributed by atoms with Gasteiger partial charge in [-0.1, -0.05) is 30.3 Å². The van der Waals surface area contributed by atoms with Crippen LogP contribution in [0, 0.1) is 6.92 Å². The fourth-order valence-corrected chi connectivity index (χ4v) is 4.92. The molecule has 0 N–H and O–H groups in total. The third-order valence-corrected chi connectivity index (χ3v) is 6.59. The number of nitrogens with zero attached hydrogens (tertiary/aromatic N) is 4. The first-order valence-corrected chi connectivity index (χ1v) is 10.3. The molecule has 2 aliphatic rings. The lowest BCUT2D eigenvalue weighted by molar-refractivity contribution is 0.00544. The van der Waals surface area contributed by atoms with Crippen LogP contribution in [0.5, 0.6) is 0 Å². The molecule has 5 heteroatoms. The van der Waals surface area contributed by atoms with Crippen LogP contribution in [-0.4, -0.2) is 46.0 Å². The average molecular weight is 377 g/mol. The SMILES string of the molecule is Cc1ccc(CN2CCC3(CC2)c2ncc(-c4ccccc4)n2CCN3C)o1. The molecule has 5 rings (SSSR count). The van der Waals surface area contributed by atoms with Crippen molar-refractivity contribution in [2.24, 2.45) is 0 Å². The molecule has 2 aromatic heterocycles. The van der Waals surface area contributed by atoms with Gasteiger partial charge < -0.3 is 8.98 Å². The van der Waals surface area contributed by atoms with E-state index in [4.69, 9.17) is 9.40 Å². The predicted octanol–water partition coefficient (Wildman–Crippen LogP) is 3.89. The molecule has 0 atom stereocenters. The maximum Gasteiger partial charge on any atom is 0.129 e. The number of fused-ring (bicyclic) bond motifs is 2. The number of furan rings is 1. The lowest BCUT2D eigenvalue weighted by Gasteiger charge is -2.49. The fraction of sp³-hybridized carbons (Fsp3) is 0.435. The molecule has 0 radical (unpaired) electrons. The van der Waals surface area contributed by atoms with Crippen LogP contribution < -0.4 is 0 Å². The van der Waals surface area contributed by atoms with Gasteiger partial charge in [-0.25, -0.2) is 4.98 Å². The second-order valence-electron chi connectivity index (χ2n) is 8.23. The Bertz CT molecular complexity index is 950.